The van der Waals surface area contributed by atoms with Crippen LogP contribution >= 0.6 is 0 Å². The van der Waals surface area contributed by atoms with E-state index in [2.05, 4.69) is 39.5 Å². The fourth-order valence-electron chi connectivity index (χ4n) is 4.28. The third kappa shape index (κ3) is 6.40. The molecule has 6 nitrogen and oxygen atoms in total. The lowest BCUT2D eigenvalue weighted by atomic mass is 10.0. The Labute approximate surface area is 195 Å². The largest absolute Gasteiger partial charge is 0.347 e. The molecule has 0 aromatic heterocycles. The predicted octanol–water partition coefficient (Wildman–Crippen LogP) is 3.27. The van der Waals surface area contributed by atoms with E-state index in [1.54, 1.807) is 0 Å². The molecule has 1 aliphatic rings. The number of amides is 2. The van der Waals surface area contributed by atoms with Crippen LogP contribution in [-0.4, -0.2) is 60.9 Å². The second-order valence-electron chi connectivity index (χ2n) is 8.55. The zero-order chi connectivity index (χ0) is 23.0. The maximum Gasteiger partial charge on any atom is 0.243 e. The molecule has 1 fully saturated rings. The van der Waals surface area contributed by atoms with Crippen LogP contribution in [0.15, 0.2) is 66.7 Å². The van der Waals surface area contributed by atoms with Crippen molar-refractivity contribution in [2.45, 2.75) is 19.9 Å². The van der Waals surface area contributed by atoms with Crippen molar-refractivity contribution in [3.63, 3.8) is 0 Å². The van der Waals surface area contributed by atoms with E-state index in [4.69, 9.17) is 0 Å². The molecule has 0 unspecified atom stereocenters. The van der Waals surface area contributed by atoms with Crippen molar-refractivity contribution >= 4 is 28.3 Å². The number of anilines is 1. The standard InChI is InChI=1S/C27H32N4O2/c1-2-30-14-16-31(17-15-30)20-21-10-12-24(13-11-21)29-27(33)19-28-26(32)18-23-8-5-7-22-6-3-4-9-25(22)23/h3-13H,2,14-20H2,1H3,(H,28,32)(H,29,33). The van der Waals surface area contributed by atoms with Gasteiger partial charge in [0.2, 0.25) is 11.8 Å². The molecular formula is C27H32N4O2. The number of benzene rings is 3. The van der Waals surface area contributed by atoms with Gasteiger partial charge in [-0.2, -0.15) is 0 Å². The number of carbonyl (C=O) groups is 2. The van der Waals surface area contributed by atoms with Crippen LogP contribution in [0.25, 0.3) is 10.8 Å². The van der Waals surface area contributed by atoms with E-state index >= 15 is 0 Å². The van der Waals surface area contributed by atoms with E-state index in [-0.39, 0.29) is 24.8 Å². The first kappa shape index (κ1) is 23.0. The van der Waals surface area contributed by atoms with Crippen molar-refractivity contribution in [2.24, 2.45) is 0 Å². The van der Waals surface area contributed by atoms with Gasteiger partial charge in [-0.1, -0.05) is 61.5 Å². The fourth-order valence-corrected chi connectivity index (χ4v) is 4.28. The van der Waals surface area contributed by atoms with E-state index in [9.17, 15) is 9.59 Å². The molecule has 0 radical (unpaired) electrons. The number of nitrogens with one attached hydrogen (secondary N) is 2. The molecule has 4 rings (SSSR count). The Bertz CT molecular complexity index is 1080. The summed E-state index contributed by atoms with van der Waals surface area (Å²) in [5, 5.41) is 7.76. The Kier molecular flexibility index (Phi) is 7.70. The second kappa shape index (κ2) is 11.1. The first-order valence-electron chi connectivity index (χ1n) is 11.7. The molecule has 33 heavy (non-hydrogen) atoms. The van der Waals surface area contributed by atoms with Crippen LogP contribution in [0.5, 0.6) is 0 Å². The summed E-state index contributed by atoms with van der Waals surface area (Å²) in [6.45, 7) is 8.62. The lowest BCUT2D eigenvalue weighted by Gasteiger charge is -2.34. The first-order chi connectivity index (χ1) is 16.1. The maximum atomic E-state index is 12.4. The fraction of sp³-hybridized carbons (Fsp3) is 0.333. The van der Waals surface area contributed by atoms with Crippen LogP contribution < -0.4 is 10.6 Å². The van der Waals surface area contributed by atoms with Crippen molar-refractivity contribution in [1.82, 2.24) is 15.1 Å². The summed E-state index contributed by atoms with van der Waals surface area (Å²) in [6, 6.07) is 21.9. The molecule has 2 N–H and O–H groups in total. The smallest absolute Gasteiger partial charge is 0.243 e. The molecule has 2 amide bonds. The van der Waals surface area contributed by atoms with Gasteiger partial charge >= 0.3 is 0 Å². The highest BCUT2D eigenvalue weighted by atomic mass is 16.2. The molecule has 0 bridgehead atoms. The zero-order valence-electron chi connectivity index (χ0n) is 19.2. The van der Waals surface area contributed by atoms with Crippen LogP contribution in [0.1, 0.15) is 18.1 Å². The average Bonchev–Trinajstić information content (AvgIpc) is 2.85. The minimum atomic E-state index is -0.232. The van der Waals surface area contributed by atoms with Gasteiger partial charge in [-0.25, -0.2) is 0 Å². The Morgan fingerprint density at radius 3 is 2.27 bits per heavy atom. The summed E-state index contributed by atoms with van der Waals surface area (Å²) < 4.78 is 0. The van der Waals surface area contributed by atoms with Crippen LogP contribution in [0.3, 0.4) is 0 Å². The van der Waals surface area contributed by atoms with Crippen molar-refractivity contribution < 1.29 is 9.59 Å². The highest BCUT2D eigenvalue weighted by Crippen LogP contribution is 2.19. The second-order valence-corrected chi connectivity index (χ2v) is 8.55. The molecule has 3 aromatic rings. The van der Waals surface area contributed by atoms with E-state index in [1.165, 1.54) is 5.56 Å². The molecule has 0 aliphatic carbocycles. The van der Waals surface area contributed by atoms with Crippen molar-refractivity contribution in [3.05, 3.63) is 77.9 Å². The molecule has 1 saturated heterocycles. The van der Waals surface area contributed by atoms with E-state index in [0.29, 0.717) is 0 Å². The summed E-state index contributed by atoms with van der Waals surface area (Å²) in [6.07, 6.45) is 0.246. The Morgan fingerprint density at radius 2 is 1.52 bits per heavy atom. The average molecular weight is 445 g/mol. The van der Waals surface area contributed by atoms with Gasteiger partial charge < -0.3 is 15.5 Å². The number of fused-ring (bicyclic) bond motifs is 1. The Morgan fingerprint density at radius 1 is 0.818 bits per heavy atom. The van der Waals surface area contributed by atoms with Crippen LogP contribution in [0.2, 0.25) is 0 Å². The molecular weight excluding hydrogens is 412 g/mol. The van der Waals surface area contributed by atoms with Gasteiger partial charge in [-0.15, -0.1) is 0 Å². The minimum Gasteiger partial charge on any atom is -0.347 e. The third-order valence-electron chi connectivity index (χ3n) is 6.23. The Balaban J connectivity index is 1.22. The van der Waals surface area contributed by atoms with E-state index in [0.717, 1.165) is 61.3 Å². The number of piperazine rings is 1. The molecule has 6 heteroatoms. The quantitative estimate of drug-likeness (QED) is 0.560. The molecule has 1 heterocycles. The van der Waals surface area contributed by atoms with Gasteiger partial charge in [0.05, 0.1) is 13.0 Å². The van der Waals surface area contributed by atoms with Crippen LogP contribution in [0, 0.1) is 0 Å². The monoisotopic (exact) mass is 444 g/mol. The topological polar surface area (TPSA) is 64.7 Å². The Hall–Kier alpha value is -3.22. The lowest BCUT2D eigenvalue weighted by Crippen LogP contribution is -2.45. The van der Waals surface area contributed by atoms with Gasteiger partial charge in [-0.3, -0.25) is 14.5 Å². The van der Waals surface area contributed by atoms with Gasteiger partial charge in [0.25, 0.3) is 0 Å². The maximum absolute atomic E-state index is 12.4. The number of rotatable bonds is 8. The third-order valence-corrected chi connectivity index (χ3v) is 6.23. The summed E-state index contributed by atoms with van der Waals surface area (Å²) in [4.78, 5) is 29.6. The van der Waals surface area contributed by atoms with Gasteiger partial charge in [0.1, 0.15) is 0 Å². The van der Waals surface area contributed by atoms with Gasteiger partial charge in [-0.05, 0) is 40.6 Å². The van der Waals surface area contributed by atoms with Crippen LogP contribution in [0.4, 0.5) is 5.69 Å². The number of nitrogens with zero attached hydrogens (tertiary/aromatic N) is 2. The number of carbonyl (C=O) groups excluding carboxylic acids is 2. The number of hydrogen-bond acceptors (Lipinski definition) is 4. The summed E-state index contributed by atoms with van der Waals surface area (Å²) >= 11 is 0. The zero-order valence-corrected chi connectivity index (χ0v) is 19.2. The predicted molar refractivity (Wildman–Crippen MR) is 133 cm³/mol. The normalized spacial score (nSPS) is 14.8. The summed E-state index contributed by atoms with van der Waals surface area (Å²) in [5.74, 6) is -0.398. The van der Waals surface area contributed by atoms with Crippen molar-refractivity contribution in [1.29, 1.82) is 0 Å². The minimum absolute atomic E-state index is 0.0486. The molecule has 0 saturated carbocycles. The van der Waals surface area contributed by atoms with Crippen molar-refractivity contribution in [2.75, 3.05) is 44.6 Å². The van der Waals surface area contributed by atoms with Crippen molar-refractivity contribution in [3.8, 4) is 0 Å². The van der Waals surface area contributed by atoms with Gasteiger partial charge in [0, 0.05) is 38.4 Å². The highest BCUT2D eigenvalue weighted by Gasteiger charge is 2.15. The summed E-state index contributed by atoms with van der Waals surface area (Å²) in [5.41, 5.74) is 2.93. The number of hydrogen-bond donors (Lipinski definition) is 2. The van der Waals surface area contributed by atoms with E-state index in [1.807, 2.05) is 54.6 Å². The first-order valence-corrected chi connectivity index (χ1v) is 11.7. The lowest BCUT2D eigenvalue weighted by molar-refractivity contribution is -0.123. The number of likely N-dealkylation sites (N-methyl/N-ethyl adjacent to an activating group) is 1. The summed E-state index contributed by atoms with van der Waals surface area (Å²) in [7, 11) is 0. The molecule has 0 spiro atoms. The molecule has 172 valence electrons. The van der Waals surface area contributed by atoms with Gasteiger partial charge in [0.15, 0.2) is 0 Å². The molecule has 1 aliphatic heterocycles. The highest BCUT2D eigenvalue weighted by molar-refractivity contribution is 5.95. The van der Waals surface area contributed by atoms with E-state index < -0.39 is 0 Å². The SMILES string of the molecule is CCN1CCN(Cc2ccc(NC(=O)CNC(=O)Cc3cccc4ccccc34)cc2)CC1. The van der Waals surface area contributed by atoms with Crippen LogP contribution in [-0.2, 0) is 22.6 Å². The molecule has 0 atom stereocenters. The molecule has 3 aromatic carbocycles.